The third-order valence-electron chi connectivity index (χ3n) is 4.01. The Morgan fingerprint density at radius 1 is 1.40 bits per heavy atom. The van der Waals surface area contributed by atoms with E-state index in [0.717, 1.165) is 4.57 Å². The highest BCUT2D eigenvalue weighted by atomic mass is 31.2. The summed E-state index contributed by atoms with van der Waals surface area (Å²) in [5.41, 5.74) is -1.02. The lowest BCUT2D eigenvalue weighted by molar-refractivity contribution is -0.0640. The maximum absolute atomic E-state index is 13.1. The molecule has 25 heavy (non-hydrogen) atoms. The van der Waals surface area contributed by atoms with E-state index in [-0.39, 0.29) is 25.2 Å². The van der Waals surface area contributed by atoms with E-state index in [1.807, 2.05) is 0 Å². The van der Waals surface area contributed by atoms with Gasteiger partial charge >= 0.3 is 13.3 Å². The first-order valence-corrected chi connectivity index (χ1v) is 9.46. The van der Waals surface area contributed by atoms with Crippen LogP contribution in [-0.2, 0) is 18.3 Å². The Hall–Kier alpha value is -1.29. The molecular formula is C14H23N2O8P. The van der Waals surface area contributed by atoms with Crippen LogP contribution in [0.2, 0.25) is 0 Å². The average molecular weight is 378 g/mol. The summed E-state index contributed by atoms with van der Waals surface area (Å²) in [5.74, 6) is 0. The zero-order chi connectivity index (χ0) is 18.8. The van der Waals surface area contributed by atoms with Gasteiger partial charge in [0.05, 0.1) is 19.8 Å². The molecule has 1 aromatic heterocycles. The van der Waals surface area contributed by atoms with Crippen LogP contribution in [-0.4, -0.2) is 51.0 Å². The van der Waals surface area contributed by atoms with Crippen LogP contribution in [0.3, 0.4) is 0 Å². The number of nitrogens with zero attached hydrogens (tertiary/aromatic N) is 1. The molecule has 2 rings (SSSR count). The first-order chi connectivity index (χ1) is 11.7. The maximum Gasteiger partial charge on any atom is 0.364 e. The summed E-state index contributed by atoms with van der Waals surface area (Å²) in [6.45, 7) is 4.05. The van der Waals surface area contributed by atoms with E-state index in [9.17, 15) is 24.4 Å². The van der Waals surface area contributed by atoms with E-state index in [1.54, 1.807) is 13.8 Å². The van der Waals surface area contributed by atoms with Crippen molar-refractivity contribution in [3.63, 3.8) is 0 Å². The number of hydrogen-bond donors (Lipinski definition) is 3. The van der Waals surface area contributed by atoms with Crippen LogP contribution in [0.5, 0.6) is 0 Å². The van der Waals surface area contributed by atoms with E-state index in [1.165, 1.54) is 13.1 Å². The molecule has 0 aliphatic carbocycles. The van der Waals surface area contributed by atoms with Gasteiger partial charge in [-0.3, -0.25) is 18.9 Å². The van der Waals surface area contributed by atoms with E-state index >= 15 is 0 Å². The molecule has 11 heteroatoms. The van der Waals surface area contributed by atoms with Gasteiger partial charge in [-0.1, -0.05) is 0 Å². The van der Waals surface area contributed by atoms with Crippen LogP contribution in [0.25, 0.3) is 0 Å². The highest BCUT2D eigenvalue weighted by Gasteiger charge is 2.61. The molecule has 0 saturated carbocycles. The Bertz CT molecular complexity index is 765. The minimum Gasteiger partial charge on any atom is -0.394 e. The largest absolute Gasteiger partial charge is 0.394 e. The van der Waals surface area contributed by atoms with Gasteiger partial charge in [0.25, 0.3) is 5.56 Å². The van der Waals surface area contributed by atoms with Gasteiger partial charge in [0.1, 0.15) is 12.3 Å². The predicted octanol–water partition coefficient (Wildman–Crippen LogP) is 0.0795. The quantitative estimate of drug-likeness (QED) is 0.567. The molecule has 3 N–H and O–H groups in total. The summed E-state index contributed by atoms with van der Waals surface area (Å²) < 4.78 is 30.0. The van der Waals surface area contributed by atoms with E-state index in [4.69, 9.17) is 13.8 Å². The number of aliphatic hydroxyl groups excluding tert-OH is 1. The number of rotatable bonds is 7. The van der Waals surface area contributed by atoms with Crippen molar-refractivity contribution >= 4 is 7.60 Å². The van der Waals surface area contributed by atoms with Crippen molar-refractivity contribution in [3.05, 3.63) is 32.6 Å². The molecule has 0 unspecified atom stereocenters. The number of aryl methyl sites for hydroxylation is 1. The second-order valence-corrected chi connectivity index (χ2v) is 7.94. The van der Waals surface area contributed by atoms with Crippen LogP contribution in [0.4, 0.5) is 0 Å². The van der Waals surface area contributed by atoms with Crippen molar-refractivity contribution in [1.82, 2.24) is 9.55 Å². The van der Waals surface area contributed by atoms with Gasteiger partial charge in [0.2, 0.25) is 0 Å². The molecule has 10 nitrogen and oxygen atoms in total. The molecule has 1 fully saturated rings. The summed E-state index contributed by atoms with van der Waals surface area (Å²) in [7, 11) is -4.06. The zero-order valence-electron chi connectivity index (χ0n) is 14.3. The Labute approximate surface area is 143 Å². The number of aliphatic hydroxyl groups is 2. The SMILES string of the molecule is CCOP(=O)(OCC)[C@@]1(O)C[C@H](n2cc(C)c(=O)[nH]c2=O)O[C@@H]1CO. The number of nitrogens with one attached hydrogen (secondary N) is 1. The molecule has 0 radical (unpaired) electrons. The normalized spacial score (nSPS) is 26.9. The topological polar surface area (TPSA) is 140 Å². The highest BCUT2D eigenvalue weighted by molar-refractivity contribution is 7.55. The second kappa shape index (κ2) is 7.53. The lowest BCUT2D eigenvalue weighted by Crippen LogP contribution is -2.41. The third-order valence-corrected chi connectivity index (χ3v) is 6.62. The second-order valence-electron chi connectivity index (χ2n) is 5.66. The van der Waals surface area contributed by atoms with Crippen LogP contribution in [0.1, 0.15) is 32.1 Å². The van der Waals surface area contributed by atoms with Crippen molar-refractivity contribution < 1.29 is 28.6 Å². The van der Waals surface area contributed by atoms with Gasteiger partial charge in [0.15, 0.2) is 5.34 Å². The Morgan fingerprint density at radius 2 is 2.00 bits per heavy atom. The van der Waals surface area contributed by atoms with Gasteiger partial charge in [-0.15, -0.1) is 0 Å². The van der Waals surface area contributed by atoms with Gasteiger partial charge in [-0.2, -0.15) is 0 Å². The summed E-state index contributed by atoms with van der Waals surface area (Å²) in [6.07, 6.45) is -1.39. The number of H-pyrrole nitrogens is 1. The van der Waals surface area contributed by atoms with Crippen molar-refractivity contribution in [2.24, 2.45) is 0 Å². The molecule has 0 bridgehead atoms. The van der Waals surface area contributed by atoms with Crippen LogP contribution in [0, 0.1) is 6.92 Å². The Kier molecular flexibility index (Phi) is 6.03. The predicted molar refractivity (Wildman–Crippen MR) is 87.5 cm³/mol. The zero-order valence-corrected chi connectivity index (χ0v) is 15.2. The fourth-order valence-corrected chi connectivity index (χ4v) is 4.85. The highest BCUT2D eigenvalue weighted by Crippen LogP contribution is 2.65. The van der Waals surface area contributed by atoms with Gasteiger partial charge in [-0.25, -0.2) is 4.79 Å². The van der Waals surface area contributed by atoms with Crippen molar-refractivity contribution in [2.75, 3.05) is 19.8 Å². The smallest absolute Gasteiger partial charge is 0.364 e. The van der Waals surface area contributed by atoms with Crippen molar-refractivity contribution in [3.8, 4) is 0 Å². The molecule has 0 aromatic carbocycles. The summed E-state index contributed by atoms with van der Waals surface area (Å²) in [4.78, 5) is 25.7. The molecule has 2 heterocycles. The lowest BCUT2D eigenvalue weighted by atomic mass is 10.2. The lowest BCUT2D eigenvalue weighted by Gasteiger charge is -2.33. The van der Waals surface area contributed by atoms with Gasteiger partial charge in [0, 0.05) is 18.2 Å². The van der Waals surface area contributed by atoms with Gasteiger partial charge in [-0.05, 0) is 20.8 Å². The molecule has 1 aromatic rings. The molecule has 1 aliphatic rings. The Morgan fingerprint density at radius 3 is 2.52 bits per heavy atom. The maximum atomic E-state index is 13.1. The number of aromatic amines is 1. The first-order valence-electron chi connectivity index (χ1n) is 7.92. The molecular weight excluding hydrogens is 355 g/mol. The third kappa shape index (κ3) is 3.51. The van der Waals surface area contributed by atoms with E-state index < -0.39 is 43.1 Å². The van der Waals surface area contributed by atoms with Crippen LogP contribution in [0.15, 0.2) is 15.8 Å². The minimum atomic E-state index is -4.06. The summed E-state index contributed by atoms with van der Waals surface area (Å²) in [5, 5.41) is 18.4. The molecule has 142 valence electrons. The molecule has 1 aliphatic heterocycles. The number of hydrogen-bond acceptors (Lipinski definition) is 8. The summed E-state index contributed by atoms with van der Waals surface area (Å²) >= 11 is 0. The van der Waals surface area contributed by atoms with Crippen LogP contribution >= 0.6 is 7.60 Å². The number of aromatic nitrogens is 2. The van der Waals surface area contributed by atoms with Crippen molar-refractivity contribution in [2.45, 2.75) is 44.9 Å². The van der Waals surface area contributed by atoms with E-state index in [0.29, 0.717) is 0 Å². The fraction of sp³-hybridized carbons (Fsp3) is 0.714. The number of ether oxygens (including phenoxy) is 1. The molecule has 1 saturated heterocycles. The van der Waals surface area contributed by atoms with Gasteiger partial charge < -0.3 is 24.0 Å². The Balaban J connectivity index is 2.46. The molecule has 0 amide bonds. The average Bonchev–Trinajstić information content (AvgIpc) is 2.90. The monoisotopic (exact) mass is 378 g/mol. The summed E-state index contributed by atoms with van der Waals surface area (Å²) in [6, 6.07) is 0. The fourth-order valence-electron chi connectivity index (χ4n) is 2.78. The van der Waals surface area contributed by atoms with E-state index in [2.05, 4.69) is 4.98 Å². The molecule has 0 spiro atoms. The van der Waals surface area contributed by atoms with Crippen LogP contribution < -0.4 is 11.2 Å². The standard InChI is InChI=1S/C14H23N2O8P/c1-4-22-25(21,23-5-2)14(20)6-11(24-10(14)8-17)16-7-9(3)12(18)15-13(16)19/h7,10-11,17,20H,4-6,8H2,1-3H3,(H,15,18,19)/t10-,11-,14+/m1/s1. The first kappa shape index (κ1) is 20.0. The van der Waals surface area contributed by atoms with Crippen molar-refractivity contribution in [1.29, 1.82) is 0 Å². The molecule has 3 atom stereocenters. The minimum absolute atomic E-state index is 0.0140.